The maximum Gasteiger partial charge on any atom is 0.234 e. The van der Waals surface area contributed by atoms with Gasteiger partial charge in [0.15, 0.2) is 11.0 Å². The number of carbonyl (C=O) groups excluding carboxylic acids is 1. The summed E-state index contributed by atoms with van der Waals surface area (Å²) in [5.41, 5.74) is 3.15. The molecule has 1 amide bonds. The minimum atomic E-state index is -0.431. The monoisotopic (exact) mass is 492 g/mol. The molecule has 0 aliphatic carbocycles. The zero-order valence-electron chi connectivity index (χ0n) is 19.6. The van der Waals surface area contributed by atoms with Crippen LogP contribution in [0.5, 0.6) is 11.5 Å². The maximum atomic E-state index is 14.7. The summed E-state index contributed by atoms with van der Waals surface area (Å²) in [5, 5.41) is 11.7. The SMILES string of the molecule is COc1ccc(OCc2nnc(SCC(=O)Nc3cccc(C)c3C)n2-c2ccccc2F)cc1. The summed E-state index contributed by atoms with van der Waals surface area (Å²) in [6.07, 6.45) is 0. The smallest absolute Gasteiger partial charge is 0.234 e. The summed E-state index contributed by atoms with van der Waals surface area (Å²) in [6.45, 7) is 4.01. The average Bonchev–Trinajstić information content (AvgIpc) is 3.27. The lowest BCUT2D eigenvalue weighted by Crippen LogP contribution is -2.16. The van der Waals surface area contributed by atoms with Gasteiger partial charge >= 0.3 is 0 Å². The van der Waals surface area contributed by atoms with Crippen molar-refractivity contribution in [2.75, 3.05) is 18.2 Å². The first-order valence-electron chi connectivity index (χ1n) is 10.9. The number of anilines is 1. The van der Waals surface area contributed by atoms with Gasteiger partial charge in [0.1, 0.15) is 23.9 Å². The van der Waals surface area contributed by atoms with E-state index < -0.39 is 5.82 Å². The lowest BCUT2D eigenvalue weighted by molar-refractivity contribution is -0.113. The van der Waals surface area contributed by atoms with Crippen molar-refractivity contribution < 1.29 is 18.7 Å². The summed E-state index contributed by atoms with van der Waals surface area (Å²) in [5.74, 6) is 1.19. The minimum Gasteiger partial charge on any atom is -0.497 e. The van der Waals surface area contributed by atoms with Crippen LogP contribution in [0.3, 0.4) is 0 Å². The molecule has 0 aliphatic heterocycles. The van der Waals surface area contributed by atoms with Gasteiger partial charge in [0, 0.05) is 5.69 Å². The first kappa shape index (κ1) is 24.3. The molecule has 0 saturated carbocycles. The topological polar surface area (TPSA) is 78.3 Å². The lowest BCUT2D eigenvalue weighted by Gasteiger charge is -2.13. The molecule has 0 fully saturated rings. The van der Waals surface area contributed by atoms with Crippen molar-refractivity contribution >= 4 is 23.4 Å². The number of halogens is 1. The van der Waals surface area contributed by atoms with Gasteiger partial charge in [-0.25, -0.2) is 4.39 Å². The highest BCUT2D eigenvalue weighted by atomic mass is 32.2. The maximum absolute atomic E-state index is 14.7. The Bertz CT molecular complexity index is 1320. The Morgan fingerprint density at radius 3 is 2.49 bits per heavy atom. The Kier molecular flexibility index (Phi) is 7.67. The number of rotatable bonds is 9. The van der Waals surface area contributed by atoms with Crippen LogP contribution in [0.4, 0.5) is 10.1 Å². The standard InChI is InChI=1S/C26H25FN4O3S/c1-17-7-6-9-22(18(17)2)28-25(32)16-35-26-30-29-24(31(26)23-10-5-4-8-21(23)27)15-34-20-13-11-19(33-3)12-14-20/h4-14H,15-16H2,1-3H3,(H,28,32). The second-order valence-electron chi connectivity index (χ2n) is 7.73. The number of aryl methyl sites for hydroxylation is 1. The molecule has 9 heteroatoms. The fraction of sp³-hybridized carbons (Fsp3) is 0.192. The number of para-hydroxylation sites is 1. The second kappa shape index (κ2) is 11.1. The lowest BCUT2D eigenvalue weighted by atomic mass is 10.1. The third-order valence-electron chi connectivity index (χ3n) is 5.43. The molecule has 1 N–H and O–H groups in total. The quantitative estimate of drug-likeness (QED) is 0.318. The molecule has 4 rings (SSSR count). The zero-order chi connectivity index (χ0) is 24.8. The van der Waals surface area contributed by atoms with Gasteiger partial charge in [-0.3, -0.25) is 9.36 Å². The molecule has 1 heterocycles. The Morgan fingerprint density at radius 1 is 1.00 bits per heavy atom. The summed E-state index contributed by atoms with van der Waals surface area (Å²) in [6, 6.07) is 19.2. The van der Waals surface area contributed by atoms with E-state index in [0.717, 1.165) is 16.8 Å². The molecule has 7 nitrogen and oxygen atoms in total. The summed E-state index contributed by atoms with van der Waals surface area (Å²) < 4.78 is 27.3. The molecule has 0 radical (unpaired) electrons. The number of amides is 1. The van der Waals surface area contributed by atoms with Gasteiger partial charge in [-0.05, 0) is 67.4 Å². The second-order valence-corrected chi connectivity index (χ2v) is 8.68. The number of aromatic nitrogens is 3. The van der Waals surface area contributed by atoms with E-state index in [1.807, 2.05) is 32.0 Å². The van der Waals surface area contributed by atoms with Crippen LogP contribution in [-0.4, -0.2) is 33.5 Å². The third-order valence-corrected chi connectivity index (χ3v) is 6.36. The summed E-state index contributed by atoms with van der Waals surface area (Å²) >= 11 is 1.17. The highest BCUT2D eigenvalue weighted by Gasteiger charge is 2.19. The number of benzene rings is 3. The van der Waals surface area contributed by atoms with E-state index in [1.165, 1.54) is 17.8 Å². The molecule has 0 unspecified atom stereocenters. The number of methoxy groups -OCH3 is 1. The Hall–Kier alpha value is -3.85. The van der Waals surface area contributed by atoms with E-state index in [1.54, 1.807) is 54.1 Å². The average molecular weight is 493 g/mol. The molecule has 180 valence electrons. The molecule has 1 aromatic heterocycles. The number of nitrogens with one attached hydrogen (secondary N) is 1. The van der Waals surface area contributed by atoms with Gasteiger partial charge in [-0.1, -0.05) is 36.0 Å². The number of ether oxygens (including phenoxy) is 2. The van der Waals surface area contributed by atoms with E-state index in [-0.39, 0.29) is 24.0 Å². The van der Waals surface area contributed by atoms with Crippen LogP contribution in [0.15, 0.2) is 71.9 Å². The van der Waals surface area contributed by atoms with Crippen molar-refractivity contribution in [1.29, 1.82) is 0 Å². The van der Waals surface area contributed by atoms with Gasteiger partial charge in [0.25, 0.3) is 0 Å². The molecule has 0 atom stereocenters. The molecular formula is C26H25FN4O3S. The van der Waals surface area contributed by atoms with Crippen LogP contribution in [0.25, 0.3) is 5.69 Å². The molecule has 4 aromatic rings. The fourth-order valence-corrected chi connectivity index (χ4v) is 4.15. The predicted molar refractivity (Wildman–Crippen MR) is 134 cm³/mol. The number of hydrogen-bond donors (Lipinski definition) is 1. The van der Waals surface area contributed by atoms with Gasteiger partial charge < -0.3 is 14.8 Å². The van der Waals surface area contributed by atoms with Crippen molar-refractivity contribution in [2.24, 2.45) is 0 Å². The minimum absolute atomic E-state index is 0.0584. The van der Waals surface area contributed by atoms with Crippen LogP contribution in [0.1, 0.15) is 17.0 Å². The predicted octanol–water partition coefficient (Wildman–Crippen LogP) is 5.34. The van der Waals surface area contributed by atoms with Gasteiger partial charge in [-0.15, -0.1) is 10.2 Å². The highest BCUT2D eigenvalue weighted by Crippen LogP contribution is 2.26. The Labute approximate surface area is 207 Å². The molecular weight excluding hydrogens is 467 g/mol. The molecule has 0 aliphatic rings. The van der Waals surface area contributed by atoms with Crippen LogP contribution >= 0.6 is 11.8 Å². The van der Waals surface area contributed by atoms with Crippen molar-refractivity contribution in [1.82, 2.24) is 14.8 Å². The van der Waals surface area contributed by atoms with Crippen LogP contribution in [-0.2, 0) is 11.4 Å². The van der Waals surface area contributed by atoms with Gasteiger partial charge in [-0.2, -0.15) is 0 Å². The summed E-state index contributed by atoms with van der Waals surface area (Å²) in [4.78, 5) is 12.6. The number of carbonyl (C=O) groups is 1. The van der Waals surface area contributed by atoms with E-state index in [4.69, 9.17) is 9.47 Å². The molecule has 0 saturated heterocycles. The van der Waals surface area contributed by atoms with E-state index in [2.05, 4.69) is 15.5 Å². The van der Waals surface area contributed by atoms with Crippen molar-refractivity contribution in [2.45, 2.75) is 25.6 Å². The Balaban J connectivity index is 1.52. The van der Waals surface area contributed by atoms with E-state index in [0.29, 0.717) is 22.5 Å². The van der Waals surface area contributed by atoms with Crippen LogP contribution in [0.2, 0.25) is 0 Å². The first-order chi connectivity index (χ1) is 17.0. The largest absolute Gasteiger partial charge is 0.497 e. The molecule has 0 bridgehead atoms. The zero-order valence-corrected chi connectivity index (χ0v) is 20.4. The van der Waals surface area contributed by atoms with Crippen molar-refractivity contribution in [3.8, 4) is 17.2 Å². The normalized spacial score (nSPS) is 10.7. The fourth-order valence-electron chi connectivity index (χ4n) is 3.39. The molecule has 3 aromatic carbocycles. The number of hydrogen-bond acceptors (Lipinski definition) is 6. The summed E-state index contributed by atoms with van der Waals surface area (Å²) in [7, 11) is 1.59. The van der Waals surface area contributed by atoms with Crippen molar-refractivity contribution in [3.63, 3.8) is 0 Å². The van der Waals surface area contributed by atoms with Gasteiger partial charge in [0.05, 0.1) is 18.6 Å². The highest BCUT2D eigenvalue weighted by molar-refractivity contribution is 7.99. The number of thioether (sulfide) groups is 1. The van der Waals surface area contributed by atoms with E-state index in [9.17, 15) is 9.18 Å². The Morgan fingerprint density at radius 2 is 1.74 bits per heavy atom. The molecule has 0 spiro atoms. The molecule has 35 heavy (non-hydrogen) atoms. The van der Waals surface area contributed by atoms with Crippen LogP contribution in [0, 0.1) is 19.7 Å². The van der Waals surface area contributed by atoms with Gasteiger partial charge in [0.2, 0.25) is 5.91 Å². The first-order valence-corrected chi connectivity index (χ1v) is 11.9. The van der Waals surface area contributed by atoms with E-state index >= 15 is 0 Å². The third kappa shape index (κ3) is 5.81. The van der Waals surface area contributed by atoms with Crippen molar-refractivity contribution in [3.05, 3.63) is 89.5 Å². The van der Waals surface area contributed by atoms with Crippen LogP contribution < -0.4 is 14.8 Å². The number of nitrogens with zero attached hydrogens (tertiary/aromatic N) is 3.